The molecule has 1 aromatic carbocycles. The van der Waals surface area contributed by atoms with E-state index in [0.717, 1.165) is 26.8 Å². The van der Waals surface area contributed by atoms with Crippen LogP contribution in [0.15, 0.2) is 28.9 Å². The predicted octanol–water partition coefficient (Wildman–Crippen LogP) is 4.21. The Morgan fingerprint density at radius 3 is 2.93 bits per heavy atom. The molecule has 0 amide bonds. The number of aryl methyl sites for hydroxylation is 1. The Morgan fingerprint density at radius 2 is 2.21 bits per heavy atom. The van der Waals surface area contributed by atoms with Gasteiger partial charge in [0.05, 0.1) is 15.0 Å². The molecule has 3 heteroatoms. The van der Waals surface area contributed by atoms with E-state index in [4.69, 9.17) is 11.6 Å². The van der Waals surface area contributed by atoms with Crippen LogP contribution in [-0.2, 0) is 6.42 Å². The molecule has 0 atom stereocenters. The van der Waals surface area contributed by atoms with Crippen LogP contribution in [0.25, 0.3) is 10.9 Å². The van der Waals surface area contributed by atoms with Crippen LogP contribution in [0.2, 0.25) is 5.02 Å². The molecule has 0 aliphatic heterocycles. The Kier molecular flexibility index (Phi) is 2.75. The number of benzene rings is 1. The first kappa shape index (κ1) is 9.94. The summed E-state index contributed by atoms with van der Waals surface area (Å²) in [6, 6.07) is 6.09. The molecule has 0 N–H and O–H groups in total. The molecular weight excluding hydrogens is 261 g/mol. The van der Waals surface area contributed by atoms with Gasteiger partial charge in [-0.25, -0.2) is 0 Å². The fourth-order valence-electron chi connectivity index (χ4n) is 1.51. The van der Waals surface area contributed by atoms with Gasteiger partial charge in [-0.05, 0) is 27.9 Å². The van der Waals surface area contributed by atoms with Crippen molar-refractivity contribution in [1.29, 1.82) is 0 Å². The minimum atomic E-state index is 0.741. The SMILES string of the molecule is CCc1cccc2c(Cl)c(Br)cnc12. The van der Waals surface area contributed by atoms with Crippen LogP contribution < -0.4 is 0 Å². The lowest BCUT2D eigenvalue weighted by atomic mass is 10.1. The number of hydrogen-bond acceptors (Lipinski definition) is 1. The minimum Gasteiger partial charge on any atom is -0.255 e. The summed E-state index contributed by atoms with van der Waals surface area (Å²) >= 11 is 9.54. The molecule has 1 aromatic heterocycles. The quantitative estimate of drug-likeness (QED) is 0.756. The van der Waals surface area contributed by atoms with Crippen molar-refractivity contribution in [2.24, 2.45) is 0 Å². The number of rotatable bonds is 1. The van der Waals surface area contributed by atoms with Crippen LogP contribution in [0.5, 0.6) is 0 Å². The fourth-order valence-corrected chi connectivity index (χ4v) is 2.03. The number of nitrogens with zero attached hydrogens (tertiary/aromatic N) is 1. The summed E-state index contributed by atoms with van der Waals surface area (Å²) in [5, 5.41) is 1.76. The maximum atomic E-state index is 6.17. The highest BCUT2D eigenvalue weighted by Crippen LogP contribution is 2.30. The van der Waals surface area contributed by atoms with E-state index in [1.54, 1.807) is 6.20 Å². The smallest absolute Gasteiger partial charge is 0.0749 e. The number of para-hydroxylation sites is 1. The third-order valence-electron chi connectivity index (χ3n) is 2.25. The van der Waals surface area contributed by atoms with E-state index >= 15 is 0 Å². The van der Waals surface area contributed by atoms with Gasteiger partial charge in [-0.1, -0.05) is 36.7 Å². The van der Waals surface area contributed by atoms with E-state index in [0.29, 0.717) is 0 Å². The summed E-state index contributed by atoms with van der Waals surface area (Å²) in [6.07, 6.45) is 2.73. The van der Waals surface area contributed by atoms with Gasteiger partial charge in [0.1, 0.15) is 0 Å². The van der Waals surface area contributed by atoms with Crippen LogP contribution in [0.1, 0.15) is 12.5 Å². The van der Waals surface area contributed by atoms with Crippen LogP contribution in [0.4, 0.5) is 0 Å². The number of halogens is 2. The summed E-state index contributed by atoms with van der Waals surface area (Å²) in [6.45, 7) is 2.12. The summed E-state index contributed by atoms with van der Waals surface area (Å²) in [5.41, 5.74) is 2.24. The highest BCUT2D eigenvalue weighted by atomic mass is 79.9. The van der Waals surface area contributed by atoms with E-state index in [9.17, 15) is 0 Å². The van der Waals surface area contributed by atoms with Gasteiger partial charge < -0.3 is 0 Å². The van der Waals surface area contributed by atoms with Gasteiger partial charge in [-0.15, -0.1) is 0 Å². The highest BCUT2D eigenvalue weighted by molar-refractivity contribution is 9.10. The van der Waals surface area contributed by atoms with Gasteiger partial charge in [-0.2, -0.15) is 0 Å². The second kappa shape index (κ2) is 3.87. The van der Waals surface area contributed by atoms with Gasteiger partial charge in [0.25, 0.3) is 0 Å². The number of aromatic nitrogens is 1. The molecule has 0 fully saturated rings. The van der Waals surface area contributed by atoms with Gasteiger partial charge in [0.15, 0.2) is 0 Å². The molecule has 0 unspecified atom stereocenters. The molecule has 0 saturated heterocycles. The van der Waals surface area contributed by atoms with Crippen molar-refractivity contribution in [2.75, 3.05) is 0 Å². The zero-order valence-corrected chi connectivity index (χ0v) is 10.1. The molecule has 2 rings (SSSR count). The number of pyridine rings is 1. The second-order valence-corrected chi connectivity index (χ2v) is 4.32. The van der Waals surface area contributed by atoms with Crippen molar-refractivity contribution in [3.63, 3.8) is 0 Å². The summed E-state index contributed by atoms with van der Waals surface area (Å²) in [7, 11) is 0. The summed E-state index contributed by atoms with van der Waals surface area (Å²) in [4.78, 5) is 4.38. The van der Waals surface area contributed by atoms with E-state index in [-0.39, 0.29) is 0 Å². The molecule has 1 nitrogen and oxygen atoms in total. The maximum absolute atomic E-state index is 6.17. The van der Waals surface area contributed by atoms with E-state index in [1.807, 2.05) is 12.1 Å². The van der Waals surface area contributed by atoms with E-state index in [2.05, 4.69) is 33.9 Å². The lowest BCUT2D eigenvalue weighted by Gasteiger charge is -2.05. The van der Waals surface area contributed by atoms with Gasteiger partial charge in [0.2, 0.25) is 0 Å². The largest absolute Gasteiger partial charge is 0.255 e. The van der Waals surface area contributed by atoms with Crippen molar-refractivity contribution in [1.82, 2.24) is 4.98 Å². The molecule has 0 aliphatic carbocycles. The van der Waals surface area contributed by atoms with Crippen molar-refractivity contribution in [2.45, 2.75) is 13.3 Å². The van der Waals surface area contributed by atoms with Gasteiger partial charge in [0, 0.05) is 11.6 Å². The first-order chi connectivity index (χ1) is 6.74. The highest BCUT2D eigenvalue weighted by Gasteiger charge is 2.06. The topological polar surface area (TPSA) is 12.9 Å². The van der Waals surface area contributed by atoms with Gasteiger partial charge in [-0.3, -0.25) is 4.98 Å². The van der Waals surface area contributed by atoms with Crippen LogP contribution in [0.3, 0.4) is 0 Å². The molecule has 0 spiro atoms. The van der Waals surface area contributed by atoms with Crippen LogP contribution >= 0.6 is 27.5 Å². The monoisotopic (exact) mass is 269 g/mol. The first-order valence-corrected chi connectivity index (χ1v) is 5.62. The molecule has 0 saturated carbocycles. The Bertz CT molecular complexity index is 482. The Labute approximate surface area is 96.2 Å². The van der Waals surface area contributed by atoms with Gasteiger partial charge >= 0.3 is 0 Å². The van der Waals surface area contributed by atoms with Crippen molar-refractivity contribution in [3.8, 4) is 0 Å². The lowest BCUT2D eigenvalue weighted by Crippen LogP contribution is -1.88. The molecule has 72 valence electrons. The Morgan fingerprint density at radius 1 is 1.43 bits per heavy atom. The molecule has 14 heavy (non-hydrogen) atoms. The maximum Gasteiger partial charge on any atom is 0.0749 e. The average Bonchev–Trinajstić information content (AvgIpc) is 2.23. The van der Waals surface area contributed by atoms with Crippen LogP contribution in [0, 0.1) is 0 Å². The lowest BCUT2D eigenvalue weighted by molar-refractivity contribution is 1.14. The minimum absolute atomic E-state index is 0.741. The predicted molar refractivity (Wildman–Crippen MR) is 63.8 cm³/mol. The molecule has 0 bridgehead atoms. The van der Waals surface area contributed by atoms with E-state index < -0.39 is 0 Å². The average molecular weight is 271 g/mol. The molecule has 1 heterocycles. The Balaban J connectivity index is 2.86. The number of fused-ring (bicyclic) bond motifs is 1. The zero-order chi connectivity index (χ0) is 10.1. The first-order valence-electron chi connectivity index (χ1n) is 4.45. The summed E-state index contributed by atoms with van der Waals surface area (Å²) < 4.78 is 0.847. The van der Waals surface area contributed by atoms with Crippen molar-refractivity contribution < 1.29 is 0 Å². The molecular formula is C11H9BrClN. The molecule has 0 radical (unpaired) electrons. The van der Waals surface area contributed by atoms with Crippen molar-refractivity contribution >= 4 is 38.4 Å². The Hall–Kier alpha value is -0.600. The van der Waals surface area contributed by atoms with Crippen molar-refractivity contribution in [3.05, 3.63) is 39.5 Å². The second-order valence-electron chi connectivity index (χ2n) is 3.09. The third kappa shape index (κ3) is 1.53. The molecule has 0 aliphatic rings. The van der Waals surface area contributed by atoms with Crippen LogP contribution in [-0.4, -0.2) is 4.98 Å². The molecule has 2 aromatic rings. The number of hydrogen-bond donors (Lipinski definition) is 0. The third-order valence-corrected chi connectivity index (χ3v) is 3.49. The summed E-state index contributed by atoms with van der Waals surface area (Å²) in [5.74, 6) is 0. The zero-order valence-electron chi connectivity index (χ0n) is 7.72. The fraction of sp³-hybridized carbons (Fsp3) is 0.182. The normalized spacial score (nSPS) is 10.8. The standard InChI is InChI=1S/C11H9BrClN/c1-2-7-4-3-5-8-10(13)9(12)6-14-11(7)8/h3-6H,2H2,1H3. The van der Waals surface area contributed by atoms with E-state index in [1.165, 1.54) is 5.56 Å².